The van der Waals surface area contributed by atoms with E-state index < -0.39 is 0 Å². The molecule has 1 aromatic heterocycles. The number of aryl methyl sites for hydroxylation is 1. The molecule has 1 atom stereocenters. The molecule has 0 saturated heterocycles. The SMILES string of the molecule is CONC(=O)N[C@@H]1CCCc2sccc21. The van der Waals surface area contributed by atoms with E-state index in [1.165, 1.54) is 17.6 Å². The third-order valence-corrected chi connectivity index (χ3v) is 3.55. The summed E-state index contributed by atoms with van der Waals surface area (Å²) in [5.41, 5.74) is 3.53. The van der Waals surface area contributed by atoms with Crippen molar-refractivity contribution in [2.24, 2.45) is 0 Å². The first-order chi connectivity index (χ1) is 7.31. The summed E-state index contributed by atoms with van der Waals surface area (Å²) in [6.07, 6.45) is 3.27. The molecule has 82 valence electrons. The molecule has 0 unspecified atom stereocenters. The van der Waals surface area contributed by atoms with Gasteiger partial charge in [0.2, 0.25) is 0 Å². The van der Waals surface area contributed by atoms with Crippen molar-refractivity contribution >= 4 is 17.4 Å². The van der Waals surface area contributed by atoms with Crippen molar-refractivity contribution in [3.05, 3.63) is 21.9 Å². The van der Waals surface area contributed by atoms with Gasteiger partial charge < -0.3 is 5.32 Å². The van der Waals surface area contributed by atoms with Gasteiger partial charge in [0.1, 0.15) is 0 Å². The zero-order valence-electron chi connectivity index (χ0n) is 8.58. The van der Waals surface area contributed by atoms with Crippen molar-refractivity contribution in [2.75, 3.05) is 7.11 Å². The molecule has 2 N–H and O–H groups in total. The molecule has 0 aliphatic heterocycles. The van der Waals surface area contributed by atoms with Gasteiger partial charge in [-0.1, -0.05) is 0 Å². The van der Waals surface area contributed by atoms with Crippen molar-refractivity contribution in [1.82, 2.24) is 10.8 Å². The van der Waals surface area contributed by atoms with E-state index >= 15 is 0 Å². The highest BCUT2D eigenvalue weighted by atomic mass is 32.1. The Bertz CT molecular complexity index is 351. The van der Waals surface area contributed by atoms with Crippen molar-refractivity contribution in [1.29, 1.82) is 0 Å². The second-order valence-electron chi connectivity index (χ2n) is 3.52. The maximum Gasteiger partial charge on any atom is 0.339 e. The third-order valence-electron chi connectivity index (χ3n) is 2.55. The highest BCUT2D eigenvalue weighted by Crippen LogP contribution is 2.32. The highest BCUT2D eigenvalue weighted by molar-refractivity contribution is 7.10. The van der Waals surface area contributed by atoms with Gasteiger partial charge in [0.15, 0.2) is 0 Å². The molecule has 5 heteroatoms. The molecule has 0 fully saturated rings. The predicted octanol–water partition coefficient (Wildman–Crippen LogP) is 1.99. The Labute approximate surface area is 92.6 Å². The number of nitrogens with one attached hydrogen (secondary N) is 2. The first-order valence-corrected chi connectivity index (χ1v) is 5.85. The molecule has 0 saturated carbocycles. The van der Waals surface area contributed by atoms with Gasteiger partial charge in [0, 0.05) is 4.88 Å². The summed E-state index contributed by atoms with van der Waals surface area (Å²) >= 11 is 1.77. The Balaban J connectivity index is 2.03. The zero-order chi connectivity index (χ0) is 10.7. The first kappa shape index (κ1) is 10.4. The van der Waals surface area contributed by atoms with E-state index in [-0.39, 0.29) is 12.1 Å². The normalized spacial score (nSPS) is 19.4. The van der Waals surface area contributed by atoms with Crippen LogP contribution in [0, 0.1) is 0 Å². The monoisotopic (exact) mass is 226 g/mol. The average molecular weight is 226 g/mol. The van der Waals surface area contributed by atoms with Gasteiger partial charge in [-0.3, -0.25) is 4.84 Å². The van der Waals surface area contributed by atoms with Gasteiger partial charge in [-0.15, -0.1) is 11.3 Å². The van der Waals surface area contributed by atoms with Gasteiger partial charge in [0.05, 0.1) is 13.2 Å². The minimum atomic E-state index is -0.276. The molecule has 1 aromatic rings. The largest absolute Gasteiger partial charge is 0.339 e. The van der Waals surface area contributed by atoms with Crippen LogP contribution in [-0.4, -0.2) is 13.1 Å². The minimum absolute atomic E-state index is 0.134. The van der Waals surface area contributed by atoms with Crippen LogP contribution in [0.5, 0.6) is 0 Å². The summed E-state index contributed by atoms with van der Waals surface area (Å²) in [6.45, 7) is 0. The van der Waals surface area contributed by atoms with Crippen molar-refractivity contribution in [3.63, 3.8) is 0 Å². The van der Waals surface area contributed by atoms with Gasteiger partial charge in [0.25, 0.3) is 0 Å². The lowest BCUT2D eigenvalue weighted by atomic mass is 9.94. The third kappa shape index (κ3) is 2.30. The summed E-state index contributed by atoms with van der Waals surface area (Å²) in [5.74, 6) is 0. The van der Waals surface area contributed by atoms with Crippen LogP contribution in [0.1, 0.15) is 29.3 Å². The summed E-state index contributed by atoms with van der Waals surface area (Å²) in [4.78, 5) is 17.2. The van der Waals surface area contributed by atoms with E-state index in [1.807, 2.05) is 0 Å². The summed E-state index contributed by atoms with van der Waals surface area (Å²) in [7, 11) is 1.43. The summed E-state index contributed by atoms with van der Waals surface area (Å²) in [6, 6.07) is 1.95. The molecule has 2 rings (SSSR count). The minimum Gasteiger partial charge on any atom is -0.330 e. The molecular weight excluding hydrogens is 212 g/mol. The van der Waals surface area contributed by atoms with E-state index in [4.69, 9.17) is 0 Å². The predicted molar refractivity (Wildman–Crippen MR) is 58.7 cm³/mol. The summed E-state index contributed by atoms with van der Waals surface area (Å²) < 4.78 is 0. The number of rotatable bonds is 2. The topological polar surface area (TPSA) is 50.4 Å². The molecule has 0 spiro atoms. The van der Waals surface area contributed by atoms with E-state index in [1.54, 1.807) is 11.3 Å². The molecule has 1 heterocycles. The van der Waals surface area contributed by atoms with Crippen LogP contribution >= 0.6 is 11.3 Å². The first-order valence-electron chi connectivity index (χ1n) is 4.97. The number of carbonyl (C=O) groups is 1. The highest BCUT2D eigenvalue weighted by Gasteiger charge is 2.22. The van der Waals surface area contributed by atoms with Crippen molar-refractivity contribution in [2.45, 2.75) is 25.3 Å². The van der Waals surface area contributed by atoms with Crippen LogP contribution in [0.15, 0.2) is 11.4 Å². The van der Waals surface area contributed by atoms with Crippen LogP contribution in [0.2, 0.25) is 0 Å². The Hall–Kier alpha value is -1.07. The number of hydrogen-bond donors (Lipinski definition) is 2. The molecule has 0 radical (unpaired) electrons. The second-order valence-corrected chi connectivity index (χ2v) is 4.52. The number of thiophene rings is 1. The smallest absolute Gasteiger partial charge is 0.330 e. The van der Waals surface area contributed by atoms with Gasteiger partial charge in [-0.25, -0.2) is 10.3 Å². The van der Waals surface area contributed by atoms with Gasteiger partial charge in [-0.05, 0) is 36.3 Å². The molecule has 2 amide bonds. The number of hydrogen-bond acceptors (Lipinski definition) is 3. The molecule has 1 aliphatic rings. The Morgan fingerprint density at radius 2 is 2.53 bits per heavy atom. The van der Waals surface area contributed by atoms with Crippen LogP contribution in [0.25, 0.3) is 0 Å². The fraction of sp³-hybridized carbons (Fsp3) is 0.500. The number of amides is 2. The van der Waals surface area contributed by atoms with Crippen molar-refractivity contribution < 1.29 is 9.63 Å². The zero-order valence-corrected chi connectivity index (χ0v) is 9.39. The molecule has 0 aromatic carbocycles. The molecule has 1 aliphatic carbocycles. The molecule has 4 nitrogen and oxygen atoms in total. The number of carbonyl (C=O) groups excluding carboxylic acids is 1. The standard InChI is InChI=1S/C10H14N2O2S/c1-14-12-10(13)11-8-3-2-4-9-7(8)5-6-15-9/h5-6,8H,2-4H2,1H3,(H2,11,12,13)/t8-/m1/s1. The maximum atomic E-state index is 11.3. The van der Waals surface area contributed by atoms with E-state index in [2.05, 4.69) is 27.1 Å². The van der Waals surface area contributed by atoms with E-state index in [0.717, 1.165) is 19.3 Å². The van der Waals surface area contributed by atoms with Crippen molar-refractivity contribution in [3.8, 4) is 0 Å². The number of hydroxylamine groups is 1. The van der Waals surface area contributed by atoms with Gasteiger partial charge in [-0.2, -0.15) is 0 Å². The number of fused-ring (bicyclic) bond motifs is 1. The maximum absolute atomic E-state index is 11.3. The lowest BCUT2D eigenvalue weighted by Crippen LogP contribution is -2.38. The second kappa shape index (κ2) is 4.63. The lowest BCUT2D eigenvalue weighted by Gasteiger charge is -2.23. The van der Waals surface area contributed by atoms with Gasteiger partial charge >= 0.3 is 6.03 Å². The Morgan fingerprint density at radius 1 is 1.67 bits per heavy atom. The molecule has 0 bridgehead atoms. The Kier molecular flexibility index (Phi) is 3.23. The van der Waals surface area contributed by atoms with Crippen LogP contribution in [0.4, 0.5) is 4.79 Å². The lowest BCUT2D eigenvalue weighted by molar-refractivity contribution is 0.105. The Morgan fingerprint density at radius 3 is 3.33 bits per heavy atom. The molecular formula is C10H14N2O2S. The van der Waals surface area contributed by atoms with Crippen LogP contribution < -0.4 is 10.8 Å². The number of urea groups is 1. The van der Waals surface area contributed by atoms with E-state index in [0.29, 0.717) is 0 Å². The fourth-order valence-corrected chi connectivity index (χ4v) is 2.90. The van der Waals surface area contributed by atoms with Crippen LogP contribution in [0.3, 0.4) is 0 Å². The quantitative estimate of drug-likeness (QED) is 0.758. The average Bonchev–Trinajstić information content (AvgIpc) is 2.67. The van der Waals surface area contributed by atoms with E-state index in [9.17, 15) is 4.79 Å². The molecule has 15 heavy (non-hydrogen) atoms. The van der Waals surface area contributed by atoms with Crippen LogP contribution in [-0.2, 0) is 11.3 Å². The fourth-order valence-electron chi connectivity index (χ4n) is 1.92. The summed E-state index contributed by atoms with van der Waals surface area (Å²) in [5, 5.41) is 4.98.